The van der Waals surface area contributed by atoms with Crippen molar-refractivity contribution in [3.63, 3.8) is 0 Å². The second-order valence-corrected chi connectivity index (χ2v) is 8.52. The second-order valence-electron chi connectivity index (χ2n) is 8.52. The fraction of sp³-hybridized carbons (Fsp3) is 0.346. The summed E-state index contributed by atoms with van der Waals surface area (Å²) in [4.78, 5) is 2.15. The third kappa shape index (κ3) is 5.58. The number of nitrogens with zero attached hydrogens (tertiary/aromatic N) is 4. The van der Waals surface area contributed by atoms with Crippen molar-refractivity contribution >= 4 is 10.9 Å². The molecule has 0 amide bonds. The van der Waals surface area contributed by atoms with Gasteiger partial charge in [0.15, 0.2) is 0 Å². The Morgan fingerprint density at radius 2 is 1.84 bits per heavy atom. The van der Waals surface area contributed by atoms with E-state index in [1.165, 1.54) is 10.9 Å². The molecule has 0 fully saturated rings. The number of aromatic nitrogens is 3. The lowest BCUT2D eigenvalue weighted by molar-refractivity contribution is 0.108. The zero-order valence-electron chi connectivity index (χ0n) is 19.1. The lowest BCUT2D eigenvalue weighted by atomic mass is 10.2. The van der Waals surface area contributed by atoms with Crippen molar-refractivity contribution in [3.8, 4) is 5.75 Å². The molecular weight excluding hydrogens is 400 g/mol. The van der Waals surface area contributed by atoms with Gasteiger partial charge in [-0.05, 0) is 62.2 Å². The number of aryl methyl sites for hydroxylation is 2. The fourth-order valence-corrected chi connectivity index (χ4v) is 4.16. The molecule has 0 bridgehead atoms. The number of hydrogen-bond acceptors (Lipinski definition) is 4. The van der Waals surface area contributed by atoms with Gasteiger partial charge in [0.1, 0.15) is 12.4 Å². The van der Waals surface area contributed by atoms with Gasteiger partial charge in [-0.2, -0.15) is 5.10 Å². The Bertz CT molecular complexity index is 1150. The first-order valence-electron chi connectivity index (χ1n) is 11.1. The van der Waals surface area contributed by atoms with E-state index in [9.17, 15) is 5.11 Å². The number of fused-ring (bicyclic) bond motifs is 1. The topological polar surface area (TPSA) is 55.4 Å². The van der Waals surface area contributed by atoms with Crippen molar-refractivity contribution in [2.24, 2.45) is 0 Å². The van der Waals surface area contributed by atoms with Crippen LogP contribution >= 0.6 is 0 Å². The van der Waals surface area contributed by atoms with Crippen LogP contribution in [0.5, 0.6) is 5.75 Å². The molecule has 2 aromatic carbocycles. The van der Waals surface area contributed by atoms with Crippen LogP contribution < -0.4 is 4.74 Å². The largest absolute Gasteiger partial charge is 0.492 e. The molecule has 0 aliphatic carbocycles. The van der Waals surface area contributed by atoms with Crippen LogP contribution in [0.25, 0.3) is 10.9 Å². The van der Waals surface area contributed by atoms with E-state index in [0.717, 1.165) is 35.7 Å². The van der Waals surface area contributed by atoms with Crippen LogP contribution in [-0.2, 0) is 19.6 Å². The molecule has 0 unspecified atom stereocenters. The first-order valence-corrected chi connectivity index (χ1v) is 11.1. The van der Waals surface area contributed by atoms with Gasteiger partial charge in [-0.1, -0.05) is 30.3 Å². The Morgan fingerprint density at radius 1 is 1.06 bits per heavy atom. The highest BCUT2D eigenvalue weighted by Crippen LogP contribution is 2.17. The maximum Gasteiger partial charge on any atom is 0.119 e. The van der Waals surface area contributed by atoms with E-state index in [-0.39, 0.29) is 0 Å². The average Bonchev–Trinajstić information content (AvgIpc) is 3.31. The molecule has 0 saturated carbocycles. The highest BCUT2D eigenvalue weighted by molar-refractivity contribution is 5.79. The standard InChI is InChI=1S/C26H32N4O2/c1-20-16-21(2)30(27-20)14-15-32-25-10-8-22(9-11-25)17-28(3)18-24(31)19-29-13-12-23-6-4-5-7-26(23)29/h4-13,16,24,31H,14-15,17-19H2,1-3H3/t24-/m1/s1. The minimum atomic E-state index is -0.437. The molecule has 4 rings (SSSR count). The van der Waals surface area contributed by atoms with E-state index in [0.29, 0.717) is 19.7 Å². The Morgan fingerprint density at radius 3 is 2.59 bits per heavy atom. The number of ether oxygens (including phenoxy) is 1. The molecule has 0 radical (unpaired) electrons. The van der Waals surface area contributed by atoms with Gasteiger partial charge in [0.2, 0.25) is 0 Å². The van der Waals surface area contributed by atoms with Crippen LogP contribution in [0, 0.1) is 13.8 Å². The van der Waals surface area contributed by atoms with Crippen LogP contribution in [-0.4, -0.2) is 50.7 Å². The monoisotopic (exact) mass is 432 g/mol. The maximum absolute atomic E-state index is 10.6. The predicted molar refractivity (Wildman–Crippen MR) is 128 cm³/mol. The zero-order chi connectivity index (χ0) is 22.5. The Hall–Kier alpha value is -3.09. The van der Waals surface area contributed by atoms with Gasteiger partial charge >= 0.3 is 0 Å². The molecule has 2 aromatic heterocycles. The van der Waals surface area contributed by atoms with Crippen molar-refractivity contribution in [1.29, 1.82) is 0 Å². The van der Waals surface area contributed by atoms with Crippen molar-refractivity contribution < 1.29 is 9.84 Å². The van der Waals surface area contributed by atoms with E-state index in [1.54, 1.807) is 0 Å². The van der Waals surface area contributed by atoms with Crippen LogP contribution in [0.4, 0.5) is 0 Å². The summed E-state index contributed by atoms with van der Waals surface area (Å²) in [6, 6.07) is 20.6. The normalized spacial score (nSPS) is 12.5. The Balaban J connectivity index is 1.23. The van der Waals surface area contributed by atoms with Crippen LogP contribution in [0.1, 0.15) is 17.0 Å². The number of para-hydroxylation sites is 1. The maximum atomic E-state index is 10.6. The summed E-state index contributed by atoms with van der Waals surface area (Å²) >= 11 is 0. The van der Waals surface area contributed by atoms with Crippen LogP contribution in [0.2, 0.25) is 0 Å². The lowest BCUT2D eigenvalue weighted by Crippen LogP contribution is -2.31. The van der Waals surface area contributed by atoms with E-state index >= 15 is 0 Å². The highest BCUT2D eigenvalue weighted by Gasteiger charge is 2.11. The molecule has 6 heteroatoms. The fourth-order valence-electron chi connectivity index (χ4n) is 4.16. The summed E-state index contributed by atoms with van der Waals surface area (Å²) in [5.41, 5.74) is 4.53. The summed E-state index contributed by atoms with van der Waals surface area (Å²) in [7, 11) is 2.04. The van der Waals surface area contributed by atoms with Gasteiger partial charge in [-0.25, -0.2) is 0 Å². The van der Waals surface area contributed by atoms with Crippen molar-refractivity contribution in [2.75, 3.05) is 20.2 Å². The van der Waals surface area contributed by atoms with Gasteiger partial charge in [-0.15, -0.1) is 0 Å². The van der Waals surface area contributed by atoms with Gasteiger partial charge in [-0.3, -0.25) is 9.58 Å². The average molecular weight is 433 g/mol. The van der Waals surface area contributed by atoms with E-state index in [1.807, 2.05) is 49.1 Å². The van der Waals surface area contributed by atoms with E-state index < -0.39 is 6.10 Å². The molecule has 1 N–H and O–H groups in total. The predicted octanol–water partition coefficient (Wildman–Crippen LogP) is 4.03. The van der Waals surface area contributed by atoms with Crippen LogP contribution in [0.3, 0.4) is 0 Å². The van der Waals surface area contributed by atoms with Crippen molar-refractivity contribution in [1.82, 2.24) is 19.2 Å². The van der Waals surface area contributed by atoms with E-state index in [4.69, 9.17) is 4.74 Å². The van der Waals surface area contributed by atoms with Gasteiger partial charge in [0.05, 0.1) is 18.3 Å². The zero-order valence-corrected chi connectivity index (χ0v) is 19.1. The molecule has 0 saturated heterocycles. The molecule has 0 spiro atoms. The quantitative estimate of drug-likeness (QED) is 0.411. The van der Waals surface area contributed by atoms with Gasteiger partial charge in [0.25, 0.3) is 0 Å². The minimum Gasteiger partial charge on any atom is -0.492 e. The Labute approximate surface area is 189 Å². The van der Waals surface area contributed by atoms with Crippen LogP contribution in [0.15, 0.2) is 66.9 Å². The van der Waals surface area contributed by atoms with E-state index in [2.05, 4.69) is 57.9 Å². The second kappa shape index (κ2) is 10.0. The number of rotatable bonds is 10. The molecule has 4 aromatic rings. The number of likely N-dealkylation sites (N-methyl/N-ethyl adjacent to an activating group) is 1. The molecule has 32 heavy (non-hydrogen) atoms. The molecule has 168 valence electrons. The lowest BCUT2D eigenvalue weighted by Gasteiger charge is -2.21. The number of benzene rings is 2. The molecule has 0 aliphatic rings. The Kier molecular flexibility index (Phi) is 6.93. The third-order valence-electron chi connectivity index (χ3n) is 5.66. The first kappa shape index (κ1) is 22.1. The number of aliphatic hydroxyl groups excluding tert-OH is 1. The summed E-state index contributed by atoms with van der Waals surface area (Å²) in [5.74, 6) is 0.859. The van der Waals surface area contributed by atoms with Crippen molar-refractivity contribution in [2.45, 2.75) is 39.6 Å². The van der Waals surface area contributed by atoms with Crippen molar-refractivity contribution in [3.05, 3.63) is 83.8 Å². The number of hydrogen-bond donors (Lipinski definition) is 1. The first-order chi connectivity index (χ1) is 15.5. The smallest absolute Gasteiger partial charge is 0.119 e. The minimum absolute atomic E-state index is 0.437. The summed E-state index contributed by atoms with van der Waals surface area (Å²) in [6.45, 7) is 7.34. The molecule has 0 aliphatic heterocycles. The SMILES string of the molecule is Cc1cc(C)n(CCOc2ccc(CN(C)C[C@@H](O)Cn3ccc4ccccc43)cc2)n1. The highest BCUT2D eigenvalue weighted by atomic mass is 16.5. The molecule has 2 heterocycles. The van der Waals surface area contributed by atoms with Gasteiger partial charge < -0.3 is 14.4 Å². The summed E-state index contributed by atoms with van der Waals surface area (Å²) < 4.78 is 9.97. The van der Waals surface area contributed by atoms with Gasteiger partial charge in [0, 0.05) is 37.0 Å². The molecular formula is C26H32N4O2. The molecule has 1 atom stereocenters. The summed E-state index contributed by atoms with van der Waals surface area (Å²) in [5, 5.41) is 16.3. The number of aliphatic hydroxyl groups is 1. The summed E-state index contributed by atoms with van der Waals surface area (Å²) in [6.07, 6.45) is 1.61. The third-order valence-corrected chi connectivity index (χ3v) is 5.66. The molecule has 6 nitrogen and oxygen atoms in total.